The van der Waals surface area contributed by atoms with Crippen LogP contribution in [0.4, 0.5) is 0 Å². The van der Waals surface area contributed by atoms with Crippen LogP contribution in [0.3, 0.4) is 0 Å². The second-order valence-electron chi connectivity index (χ2n) is 4.62. The van der Waals surface area contributed by atoms with E-state index in [-0.39, 0.29) is 6.54 Å². The molecule has 8 nitrogen and oxygen atoms in total. The summed E-state index contributed by atoms with van der Waals surface area (Å²) in [5, 5.41) is 11.4. The molecule has 0 aliphatic carbocycles. The third-order valence-electron chi connectivity index (χ3n) is 2.95. The summed E-state index contributed by atoms with van der Waals surface area (Å²) in [5.41, 5.74) is 16.7. The molecule has 20 heavy (non-hydrogen) atoms. The third-order valence-corrected chi connectivity index (χ3v) is 2.95. The van der Waals surface area contributed by atoms with E-state index in [1.807, 2.05) is 0 Å². The molecule has 0 spiro atoms. The number of rotatable bonds is 14. The van der Waals surface area contributed by atoms with Crippen molar-refractivity contribution >= 4 is 5.97 Å². The van der Waals surface area contributed by atoms with Crippen molar-refractivity contribution in [3.63, 3.8) is 0 Å². The van der Waals surface area contributed by atoms with Gasteiger partial charge in [0.15, 0.2) is 0 Å². The van der Waals surface area contributed by atoms with E-state index in [0.717, 1.165) is 39.3 Å². The molecule has 0 bridgehead atoms. The van der Waals surface area contributed by atoms with Gasteiger partial charge in [0.25, 0.3) is 0 Å². The van der Waals surface area contributed by atoms with Crippen molar-refractivity contribution in [3.05, 3.63) is 0 Å². The standard InChI is InChI=1S/C12H30N6O2/c13-1-5-17(6-2-14)9-10-18(7-3-15)8-4-16-11-12(19)20/h16H,1-11,13-15H2,(H,19,20). The molecular weight excluding hydrogens is 260 g/mol. The van der Waals surface area contributed by atoms with Crippen molar-refractivity contribution in [3.8, 4) is 0 Å². The fourth-order valence-electron chi connectivity index (χ4n) is 1.93. The van der Waals surface area contributed by atoms with Gasteiger partial charge in [-0.1, -0.05) is 0 Å². The van der Waals surface area contributed by atoms with Gasteiger partial charge in [-0.05, 0) is 0 Å². The Balaban J connectivity index is 3.94. The van der Waals surface area contributed by atoms with Crippen LogP contribution in [0.15, 0.2) is 0 Å². The number of carbonyl (C=O) groups is 1. The van der Waals surface area contributed by atoms with Crippen LogP contribution < -0.4 is 22.5 Å². The van der Waals surface area contributed by atoms with Crippen molar-refractivity contribution in [1.29, 1.82) is 0 Å². The summed E-state index contributed by atoms with van der Waals surface area (Å²) < 4.78 is 0. The van der Waals surface area contributed by atoms with Gasteiger partial charge >= 0.3 is 5.97 Å². The van der Waals surface area contributed by atoms with Crippen LogP contribution in [0, 0.1) is 0 Å². The van der Waals surface area contributed by atoms with Gasteiger partial charge in [-0.25, -0.2) is 0 Å². The maximum atomic E-state index is 10.4. The smallest absolute Gasteiger partial charge is 0.317 e. The molecule has 0 amide bonds. The van der Waals surface area contributed by atoms with Crippen LogP contribution in [0.5, 0.6) is 0 Å². The van der Waals surface area contributed by atoms with Crippen LogP contribution >= 0.6 is 0 Å². The lowest BCUT2D eigenvalue weighted by atomic mass is 10.3. The summed E-state index contributed by atoms with van der Waals surface area (Å²) >= 11 is 0. The first-order chi connectivity index (χ1) is 9.63. The van der Waals surface area contributed by atoms with Crippen molar-refractivity contribution in [2.75, 3.05) is 72.0 Å². The van der Waals surface area contributed by atoms with Gasteiger partial charge in [-0.3, -0.25) is 14.6 Å². The van der Waals surface area contributed by atoms with Crippen LogP contribution in [-0.4, -0.2) is 92.9 Å². The molecule has 0 aromatic heterocycles. The summed E-state index contributed by atoms with van der Waals surface area (Å²) in [6.45, 7) is 7.50. The molecule has 0 aromatic carbocycles. The van der Waals surface area contributed by atoms with Gasteiger partial charge in [0.2, 0.25) is 0 Å². The molecule has 0 fully saturated rings. The van der Waals surface area contributed by atoms with E-state index in [2.05, 4.69) is 15.1 Å². The SMILES string of the molecule is NCCN(CCN)CCN(CCN)CCNCC(=O)O. The molecule has 0 aliphatic heterocycles. The zero-order chi connectivity index (χ0) is 15.2. The maximum absolute atomic E-state index is 10.4. The molecule has 0 aliphatic rings. The fraction of sp³-hybridized carbons (Fsp3) is 0.917. The Kier molecular flexibility index (Phi) is 12.7. The molecule has 120 valence electrons. The third kappa shape index (κ3) is 11.1. The highest BCUT2D eigenvalue weighted by molar-refractivity contribution is 5.68. The average Bonchev–Trinajstić information content (AvgIpc) is 2.40. The van der Waals surface area contributed by atoms with Crippen molar-refractivity contribution in [2.24, 2.45) is 17.2 Å². The number of hydrogen-bond donors (Lipinski definition) is 5. The number of hydrogen-bond acceptors (Lipinski definition) is 7. The number of nitrogens with one attached hydrogen (secondary N) is 1. The average molecular weight is 290 g/mol. The largest absolute Gasteiger partial charge is 0.480 e. The highest BCUT2D eigenvalue weighted by atomic mass is 16.4. The van der Waals surface area contributed by atoms with Crippen LogP contribution in [0.25, 0.3) is 0 Å². The predicted molar refractivity (Wildman–Crippen MR) is 80.5 cm³/mol. The first kappa shape index (κ1) is 19.2. The summed E-state index contributed by atoms with van der Waals surface area (Å²) in [6, 6.07) is 0. The topological polar surface area (TPSA) is 134 Å². The summed E-state index contributed by atoms with van der Waals surface area (Å²) in [7, 11) is 0. The van der Waals surface area contributed by atoms with Crippen LogP contribution in [-0.2, 0) is 4.79 Å². The van der Waals surface area contributed by atoms with E-state index in [1.54, 1.807) is 0 Å². The first-order valence-electron chi connectivity index (χ1n) is 7.11. The van der Waals surface area contributed by atoms with E-state index in [1.165, 1.54) is 0 Å². The molecule has 8 heteroatoms. The maximum Gasteiger partial charge on any atom is 0.317 e. The van der Waals surface area contributed by atoms with Crippen LogP contribution in [0.1, 0.15) is 0 Å². The van der Waals surface area contributed by atoms with Gasteiger partial charge in [0.1, 0.15) is 0 Å². The zero-order valence-electron chi connectivity index (χ0n) is 12.3. The molecule has 0 saturated heterocycles. The first-order valence-corrected chi connectivity index (χ1v) is 7.11. The second kappa shape index (κ2) is 13.2. The Morgan fingerprint density at radius 2 is 1.30 bits per heavy atom. The van der Waals surface area contributed by atoms with Crippen LogP contribution in [0.2, 0.25) is 0 Å². The summed E-state index contributed by atoms with van der Waals surface area (Å²) in [4.78, 5) is 14.8. The lowest BCUT2D eigenvalue weighted by Crippen LogP contribution is -2.43. The molecule has 0 aromatic rings. The predicted octanol–water partition coefficient (Wildman–Crippen LogP) is -2.86. The van der Waals surface area contributed by atoms with E-state index in [9.17, 15) is 4.79 Å². The fourth-order valence-corrected chi connectivity index (χ4v) is 1.93. The Morgan fingerprint density at radius 3 is 1.70 bits per heavy atom. The number of carboxylic acid groups (broad SMARTS) is 1. The van der Waals surface area contributed by atoms with Gasteiger partial charge in [0.05, 0.1) is 6.54 Å². The highest BCUT2D eigenvalue weighted by Crippen LogP contribution is 1.91. The quantitative estimate of drug-likeness (QED) is 0.216. The molecular formula is C12H30N6O2. The monoisotopic (exact) mass is 290 g/mol. The molecule has 0 atom stereocenters. The van der Waals surface area contributed by atoms with Crippen molar-refractivity contribution < 1.29 is 9.90 Å². The minimum absolute atomic E-state index is 0.0110. The highest BCUT2D eigenvalue weighted by Gasteiger charge is 2.08. The zero-order valence-corrected chi connectivity index (χ0v) is 12.3. The van der Waals surface area contributed by atoms with Crippen molar-refractivity contribution in [1.82, 2.24) is 15.1 Å². The summed E-state index contributed by atoms with van der Waals surface area (Å²) in [6.07, 6.45) is 0. The molecule has 0 unspecified atom stereocenters. The van der Waals surface area contributed by atoms with E-state index >= 15 is 0 Å². The number of nitrogens with zero attached hydrogens (tertiary/aromatic N) is 2. The Hall–Kier alpha value is -0.770. The second-order valence-corrected chi connectivity index (χ2v) is 4.62. The molecule has 0 rings (SSSR count). The van der Waals surface area contributed by atoms with E-state index in [4.69, 9.17) is 22.3 Å². The van der Waals surface area contributed by atoms with Crippen molar-refractivity contribution in [2.45, 2.75) is 0 Å². The number of carboxylic acids is 1. The number of aliphatic carboxylic acids is 1. The Morgan fingerprint density at radius 1 is 0.850 bits per heavy atom. The molecule has 8 N–H and O–H groups in total. The Bertz CT molecular complexity index is 236. The molecule has 0 radical (unpaired) electrons. The minimum atomic E-state index is -0.840. The Labute approximate surface area is 121 Å². The lowest BCUT2D eigenvalue weighted by Gasteiger charge is -2.27. The minimum Gasteiger partial charge on any atom is -0.480 e. The van der Waals surface area contributed by atoms with E-state index in [0.29, 0.717) is 26.2 Å². The summed E-state index contributed by atoms with van der Waals surface area (Å²) in [5.74, 6) is -0.840. The van der Waals surface area contributed by atoms with Gasteiger partial charge in [0, 0.05) is 65.4 Å². The number of nitrogens with two attached hydrogens (primary N) is 3. The van der Waals surface area contributed by atoms with Gasteiger partial charge < -0.3 is 27.6 Å². The molecule has 0 heterocycles. The van der Waals surface area contributed by atoms with E-state index < -0.39 is 5.97 Å². The molecule has 0 saturated carbocycles. The lowest BCUT2D eigenvalue weighted by molar-refractivity contribution is -0.135. The normalized spacial score (nSPS) is 11.4. The van der Waals surface area contributed by atoms with Gasteiger partial charge in [-0.15, -0.1) is 0 Å². The van der Waals surface area contributed by atoms with Gasteiger partial charge in [-0.2, -0.15) is 0 Å².